The van der Waals surface area contributed by atoms with Gasteiger partial charge in [-0.2, -0.15) is 0 Å². The van der Waals surface area contributed by atoms with E-state index in [9.17, 15) is 24.0 Å². The maximum atomic E-state index is 13.9. The van der Waals surface area contributed by atoms with Gasteiger partial charge in [-0.3, -0.25) is 19.2 Å². The molecule has 0 radical (unpaired) electrons. The van der Waals surface area contributed by atoms with Crippen LogP contribution in [0.15, 0.2) is 60.7 Å². The van der Waals surface area contributed by atoms with Crippen LogP contribution in [0, 0.1) is 17.3 Å². The molecule has 1 aliphatic heterocycles. The molecule has 3 rings (SSSR count). The van der Waals surface area contributed by atoms with Crippen molar-refractivity contribution in [1.82, 2.24) is 16.0 Å². The lowest BCUT2D eigenvalue weighted by atomic mass is 9.90. The number of hydrogen-bond acceptors (Lipinski definition) is 10. The normalized spacial score (nSPS) is 22.1. The van der Waals surface area contributed by atoms with Crippen molar-refractivity contribution in [3.05, 3.63) is 76.8 Å². The summed E-state index contributed by atoms with van der Waals surface area (Å²) >= 11 is 13.4. The van der Waals surface area contributed by atoms with Crippen LogP contribution in [0.25, 0.3) is 0 Å². The predicted molar refractivity (Wildman–Crippen MR) is 211 cm³/mol. The lowest BCUT2D eigenvalue weighted by Gasteiger charge is -2.34. The molecule has 302 valence electrons. The third-order valence-electron chi connectivity index (χ3n) is 9.08. The first-order valence-electron chi connectivity index (χ1n) is 18.5. The Bertz CT molecular complexity index is 1650. The second-order valence-corrected chi connectivity index (χ2v) is 16.0. The summed E-state index contributed by atoms with van der Waals surface area (Å²) < 4.78 is 23.2. The summed E-state index contributed by atoms with van der Waals surface area (Å²) in [4.78, 5) is 67.7. The highest BCUT2D eigenvalue weighted by molar-refractivity contribution is 6.32. The first kappa shape index (κ1) is 45.3. The van der Waals surface area contributed by atoms with E-state index in [1.165, 1.54) is 19.3 Å². The topological polar surface area (TPSA) is 158 Å². The van der Waals surface area contributed by atoms with Crippen LogP contribution in [-0.2, 0) is 44.6 Å². The molecule has 2 amide bonds. The molecule has 0 bridgehead atoms. The number of cyclic esters (lactones) is 2. The lowest BCUT2D eigenvalue weighted by Crippen LogP contribution is -2.51. The Labute approximate surface area is 334 Å². The number of hydrogen-bond donors (Lipinski definition) is 3. The van der Waals surface area contributed by atoms with Gasteiger partial charge in [-0.1, -0.05) is 88.7 Å². The molecule has 0 spiro atoms. The number of benzene rings is 2. The highest BCUT2D eigenvalue weighted by Gasteiger charge is 2.40. The number of esters is 3. The van der Waals surface area contributed by atoms with Crippen LogP contribution in [-0.4, -0.2) is 80.3 Å². The minimum Gasteiger partial charge on any atom is -0.495 e. The van der Waals surface area contributed by atoms with Crippen LogP contribution in [0.5, 0.6) is 5.75 Å². The van der Waals surface area contributed by atoms with Crippen molar-refractivity contribution in [3.8, 4) is 5.75 Å². The summed E-state index contributed by atoms with van der Waals surface area (Å²) in [7, 11) is 1.49. The molecule has 0 fully saturated rings. The molecule has 3 N–H and O–H groups in total. The Morgan fingerprint density at radius 2 is 1.71 bits per heavy atom. The number of carbonyl (C=O) groups is 5. The van der Waals surface area contributed by atoms with Gasteiger partial charge in [0.2, 0.25) is 11.8 Å². The Balaban J connectivity index is 2.04. The molecular weight excluding hydrogens is 749 g/mol. The van der Waals surface area contributed by atoms with Crippen LogP contribution in [0.4, 0.5) is 0 Å². The maximum absolute atomic E-state index is 13.9. The van der Waals surface area contributed by atoms with E-state index in [2.05, 4.69) is 16.0 Å². The van der Waals surface area contributed by atoms with Crippen molar-refractivity contribution < 1.29 is 42.9 Å². The first-order valence-corrected chi connectivity index (χ1v) is 19.3. The van der Waals surface area contributed by atoms with Crippen molar-refractivity contribution in [3.63, 3.8) is 0 Å². The van der Waals surface area contributed by atoms with E-state index in [-0.39, 0.29) is 44.3 Å². The smallest absolute Gasteiger partial charge is 0.347 e. The highest BCUT2D eigenvalue weighted by atomic mass is 35.5. The molecule has 55 heavy (non-hydrogen) atoms. The molecule has 14 heteroatoms. The van der Waals surface area contributed by atoms with Gasteiger partial charge in [-0.25, -0.2) is 4.79 Å². The van der Waals surface area contributed by atoms with Crippen molar-refractivity contribution in [1.29, 1.82) is 0 Å². The van der Waals surface area contributed by atoms with Crippen molar-refractivity contribution in [2.45, 2.75) is 104 Å². The Morgan fingerprint density at radius 1 is 1.02 bits per heavy atom. The van der Waals surface area contributed by atoms with Gasteiger partial charge in [0.05, 0.1) is 29.5 Å². The van der Waals surface area contributed by atoms with Crippen molar-refractivity contribution in [2.24, 2.45) is 17.3 Å². The minimum atomic E-state index is -1.29. The van der Waals surface area contributed by atoms with E-state index in [1.54, 1.807) is 51.1 Å². The van der Waals surface area contributed by atoms with E-state index < -0.39 is 70.8 Å². The molecule has 0 saturated heterocycles. The second-order valence-electron chi connectivity index (χ2n) is 15.1. The number of nitrogens with one attached hydrogen (secondary N) is 3. The largest absolute Gasteiger partial charge is 0.495 e. The number of carbonyl (C=O) groups excluding carboxylic acids is 5. The molecule has 1 aliphatic rings. The zero-order chi connectivity index (χ0) is 40.9. The van der Waals surface area contributed by atoms with E-state index in [0.717, 1.165) is 0 Å². The summed E-state index contributed by atoms with van der Waals surface area (Å²) in [5.41, 5.74) is 0.0488. The van der Waals surface area contributed by atoms with Crippen LogP contribution in [0.2, 0.25) is 5.02 Å². The van der Waals surface area contributed by atoms with Gasteiger partial charge in [0.25, 0.3) is 0 Å². The molecule has 2 aromatic carbocycles. The lowest BCUT2D eigenvalue weighted by molar-refractivity contribution is -0.181. The summed E-state index contributed by atoms with van der Waals surface area (Å²) in [5.74, 6) is -3.58. The van der Waals surface area contributed by atoms with Gasteiger partial charge in [0.15, 0.2) is 6.10 Å². The highest BCUT2D eigenvalue weighted by Crippen LogP contribution is 2.35. The van der Waals surface area contributed by atoms with Gasteiger partial charge >= 0.3 is 17.9 Å². The van der Waals surface area contributed by atoms with Crippen LogP contribution in [0.1, 0.15) is 77.8 Å². The predicted octanol–water partition coefficient (Wildman–Crippen LogP) is 5.87. The third-order valence-corrected chi connectivity index (χ3v) is 9.88. The molecule has 2 aromatic rings. The van der Waals surface area contributed by atoms with Crippen LogP contribution >= 0.6 is 23.2 Å². The standard InChI is InChI=1S/C41H55Cl2N3O9/c1-24(2)19-33-39(50)53-31(26(5)37(55-35(48)22-44-25(3)4)36(43)28-13-10-9-11-14-28)15-12-16-34(47)46-30(21-27-17-18-32(52-8)29(42)20-27)38(49)45-23-41(6,7)40(51)54-33/h9-14,16-18,20,24-26,30-31,33,36-37,44H,15,19,21-23H2,1-8H3,(H,45,49)(H,46,47)/b16-12+/t26-,30+,31-,33-,36-,37+/m0/s1. The van der Waals surface area contributed by atoms with Gasteiger partial charge in [0.1, 0.15) is 24.0 Å². The Morgan fingerprint density at radius 3 is 2.33 bits per heavy atom. The van der Waals surface area contributed by atoms with Crippen molar-refractivity contribution in [2.75, 3.05) is 20.2 Å². The molecular formula is C41H55Cl2N3O9. The minimum absolute atomic E-state index is 0.0138. The molecule has 0 unspecified atom stereocenters. The monoisotopic (exact) mass is 803 g/mol. The fourth-order valence-electron chi connectivity index (χ4n) is 5.77. The zero-order valence-corrected chi connectivity index (χ0v) is 34.4. The van der Waals surface area contributed by atoms with Gasteiger partial charge in [-0.05, 0) is 55.5 Å². The maximum Gasteiger partial charge on any atom is 0.347 e. The average Bonchev–Trinajstić information content (AvgIpc) is 3.13. The molecule has 0 aromatic heterocycles. The summed E-state index contributed by atoms with van der Waals surface area (Å²) in [5, 5.41) is 8.03. The average molecular weight is 805 g/mol. The van der Waals surface area contributed by atoms with Gasteiger partial charge in [-0.15, -0.1) is 11.6 Å². The first-order chi connectivity index (χ1) is 25.9. The number of ether oxygens (including phenoxy) is 4. The zero-order valence-electron chi connectivity index (χ0n) is 32.9. The Hall–Kier alpha value is -4.13. The molecule has 0 aliphatic carbocycles. The summed E-state index contributed by atoms with van der Waals surface area (Å²) in [6.07, 6.45) is -0.329. The third kappa shape index (κ3) is 14.1. The quantitative estimate of drug-likeness (QED) is 0.127. The number of rotatable bonds is 13. The molecule has 12 nitrogen and oxygen atoms in total. The van der Waals surface area contributed by atoms with E-state index in [1.807, 2.05) is 45.9 Å². The molecule has 1 heterocycles. The Kier molecular flexibility index (Phi) is 17.5. The van der Waals surface area contributed by atoms with E-state index in [0.29, 0.717) is 21.9 Å². The van der Waals surface area contributed by atoms with Gasteiger partial charge < -0.3 is 34.9 Å². The second kappa shape index (κ2) is 21.2. The number of alkyl halides is 1. The number of methoxy groups -OCH3 is 1. The summed E-state index contributed by atoms with van der Waals surface area (Å²) in [6, 6.07) is 13.1. The fraction of sp³-hybridized carbons (Fsp3) is 0.537. The molecule has 0 saturated carbocycles. The van der Waals surface area contributed by atoms with E-state index in [4.69, 9.17) is 42.1 Å². The number of halogens is 2. The van der Waals surface area contributed by atoms with E-state index >= 15 is 0 Å². The van der Waals surface area contributed by atoms with Gasteiger partial charge in [0, 0.05) is 31.3 Å². The van der Waals surface area contributed by atoms with Crippen LogP contribution in [0.3, 0.4) is 0 Å². The fourth-order valence-corrected chi connectivity index (χ4v) is 6.48. The van der Waals surface area contributed by atoms with Crippen LogP contribution < -0.4 is 20.7 Å². The molecule has 6 atom stereocenters. The van der Waals surface area contributed by atoms with Crippen molar-refractivity contribution >= 4 is 52.9 Å². The SMILES string of the molecule is COc1ccc(C[C@H]2NC(=O)/C=C/C[C@@H]([C@H](C)[C@@H](OC(=O)CNC(C)C)[C@@H](Cl)c3ccccc3)OC(=O)[C@H](CC(C)C)OC(=O)C(C)(C)CNC2=O)cc1Cl. The number of amides is 2. The summed E-state index contributed by atoms with van der Waals surface area (Å²) in [6.45, 7) is 12.2.